The molecule has 0 radical (unpaired) electrons. The van der Waals surface area contributed by atoms with Crippen molar-refractivity contribution in [3.05, 3.63) is 70.5 Å². The summed E-state index contributed by atoms with van der Waals surface area (Å²) in [7, 11) is 1.79. The fourth-order valence-corrected chi connectivity index (χ4v) is 3.38. The van der Waals surface area contributed by atoms with Crippen LogP contribution in [0.1, 0.15) is 15.9 Å². The zero-order chi connectivity index (χ0) is 22.1. The summed E-state index contributed by atoms with van der Waals surface area (Å²) in [4.78, 5) is 31.6. The molecule has 9 nitrogen and oxygen atoms in total. The molecule has 0 aliphatic heterocycles. The van der Waals surface area contributed by atoms with Crippen LogP contribution in [-0.2, 0) is 11.9 Å². The van der Waals surface area contributed by atoms with E-state index in [2.05, 4.69) is 20.3 Å². The van der Waals surface area contributed by atoms with Crippen LogP contribution in [-0.4, -0.2) is 20.7 Å². The van der Waals surface area contributed by atoms with E-state index in [-0.39, 0.29) is 33.8 Å². The Kier molecular flexibility index (Phi) is 4.85. The second kappa shape index (κ2) is 7.64. The Labute approximate surface area is 174 Å². The molecule has 2 N–H and O–H groups in total. The number of nitrogens with two attached hydrogens (primary N) is 1. The molecule has 2 aromatic heterocycles. The smallest absolute Gasteiger partial charge is 0.370 e. The standard InChI is InChI=1S/C21H13FN6O3/c1-28-17-5-4-11(6-14(17)10-25-28)19-15(21(29)31-27-30)8-18(24)26-20(19)12-2-3-13(9-23)16(22)7-12/h2-8,10H,1H3,(H2,24,26). The highest BCUT2D eigenvalue weighted by Gasteiger charge is 2.23. The van der Waals surface area contributed by atoms with Crippen LogP contribution in [0, 0.1) is 22.1 Å². The third kappa shape index (κ3) is 3.44. The van der Waals surface area contributed by atoms with E-state index in [4.69, 9.17) is 11.0 Å². The minimum Gasteiger partial charge on any atom is -0.384 e. The molecule has 152 valence electrons. The maximum absolute atomic E-state index is 14.3. The summed E-state index contributed by atoms with van der Waals surface area (Å²) < 4.78 is 16.0. The zero-order valence-electron chi connectivity index (χ0n) is 16.0. The summed E-state index contributed by atoms with van der Waals surface area (Å²) in [5.74, 6) is -1.85. The van der Waals surface area contributed by atoms with Gasteiger partial charge in [0.05, 0.1) is 28.5 Å². The highest BCUT2D eigenvalue weighted by Crippen LogP contribution is 2.37. The Morgan fingerprint density at radius 2 is 2.00 bits per heavy atom. The number of carbonyl (C=O) groups excluding carboxylic acids is 1. The number of hydrogen-bond acceptors (Lipinski definition) is 8. The number of pyridine rings is 1. The molecule has 0 aliphatic rings. The van der Waals surface area contributed by atoms with Crippen molar-refractivity contribution in [2.45, 2.75) is 0 Å². The molecule has 4 aromatic rings. The number of aryl methyl sites for hydroxylation is 1. The minimum atomic E-state index is -1.04. The first-order chi connectivity index (χ1) is 14.9. The fourth-order valence-electron chi connectivity index (χ4n) is 3.38. The number of benzene rings is 2. The number of rotatable bonds is 4. The molecular weight excluding hydrogens is 403 g/mol. The number of fused-ring (bicyclic) bond motifs is 1. The van der Waals surface area contributed by atoms with Gasteiger partial charge < -0.3 is 5.73 Å². The van der Waals surface area contributed by atoms with Crippen molar-refractivity contribution in [3.63, 3.8) is 0 Å². The second-order valence-corrected chi connectivity index (χ2v) is 6.62. The highest BCUT2D eigenvalue weighted by molar-refractivity contribution is 6.03. The highest BCUT2D eigenvalue weighted by atomic mass is 19.1. The van der Waals surface area contributed by atoms with Crippen LogP contribution in [0.15, 0.2) is 54.0 Å². The molecule has 0 bridgehead atoms. The van der Waals surface area contributed by atoms with Gasteiger partial charge in [-0.25, -0.2) is 14.2 Å². The van der Waals surface area contributed by atoms with Crippen LogP contribution in [0.5, 0.6) is 0 Å². The maximum atomic E-state index is 14.3. The molecular formula is C21H13FN6O3. The Balaban J connectivity index is 2.04. The van der Waals surface area contributed by atoms with Gasteiger partial charge in [-0.05, 0) is 35.9 Å². The Hall–Kier alpha value is -4.65. The first kappa shape index (κ1) is 19.7. The van der Waals surface area contributed by atoms with Gasteiger partial charge in [0.15, 0.2) is 5.34 Å². The minimum absolute atomic E-state index is 0.0520. The molecule has 4 rings (SSSR count). The predicted octanol–water partition coefficient (Wildman–Crippen LogP) is 3.73. The number of nitrogen functional groups attached to an aromatic ring is 1. The van der Waals surface area contributed by atoms with E-state index in [0.717, 1.165) is 17.0 Å². The van der Waals surface area contributed by atoms with Crippen LogP contribution in [0.4, 0.5) is 10.2 Å². The van der Waals surface area contributed by atoms with Gasteiger partial charge in [-0.2, -0.15) is 10.4 Å². The molecule has 10 heteroatoms. The number of hydrogen-bond donors (Lipinski definition) is 1. The molecule has 0 fully saturated rings. The van der Waals surface area contributed by atoms with E-state index in [1.54, 1.807) is 42.2 Å². The fraction of sp³-hybridized carbons (Fsp3) is 0.0476. The number of carbonyl (C=O) groups is 1. The van der Waals surface area contributed by atoms with Gasteiger partial charge in [0.2, 0.25) is 0 Å². The molecule has 0 aliphatic carbocycles. The van der Waals surface area contributed by atoms with E-state index >= 15 is 0 Å². The van der Waals surface area contributed by atoms with Gasteiger partial charge in [0.25, 0.3) is 0 Å². The number of anilines is 1. The maximum Gasteiger partial charge on any atom is 0.370 e. The summed E-state index contributed by atoms with van der Waals surface area (Å²) in [5.41, 5.74) is 7.75. The Morgan fingerprint density at radius 1 is 1.23 bits per heavy atom. The summed E-state index contributed by atoms with van der Waals surface area (Å²) >= 11 is 0. The van der Waals surface area contributed by atoms with E-state index in [0.29, 0.717) is 5.56 Å². The van der Waals surface area contributed by atoms with Crippen molar-refractivity contribution < 1.29 is 14.0 Å². The lowest BCUT2D eigenvalue weighted by atomic mass is 9.93. The lowest BCUT2D eigenvalue weighted by Crippen LogP contribution is -2.08. The van der Waals surface area contributed by atoms with Crippen molar-refractivity contribution in [3.8, 4) is 28.5 Å². The first-order valence-corrected chi connectivity index (χ1v) is 8.89. The Bertz CT molecular complexity index is 1410. The van der Waals surface area contributed by atoms with E-state index in [9.17, 15) is 14.1 Å². The Morgan fingerprint density at radius 3 is 2.71 bits per heavy atom. The van der Waals surface area contributed by atoms with Gasteiger partial charge in [-0.15, -0.1) is 4.91 Å². The largest absolute Gasteiger partial charge is 0.384 e. The van der Waals surface area contributed by atoms with Crippen molar-refractivity contribution in [2.75, 3.05) is 5.73 Å². The zero-order valence-corrected chi connectivity index (χ0v) is 16.0. The SMILES string of the molecule is Cn1ncc2cc(-c3c(C(=O)ON=O)cc(N)nc3-c3ccc(C#N)c(F)c3)ccc21. The quantitative estimate of drug-likeness (QED) is 0.395. The lowest BCUT2D eigenvalue weighted by molar-refractivity contribution is 0.0509. The molecule has 0 spiro atoms. The van der Waals surface area contributed by atoms with Crippen molar-refractivity contribution in [1.29, 1.82) is 5.26 Å². The van der Waals surface area contributed by atoms with Gasteiger partial charge in [0.1, 0.15) is 17.7 Å². The van der Waals surface area contributed by atoms with Gasteiger partial charge >= 0.3 is 5.97 Å². The monoisotopic (exact) mass is 416 g/mol. The second-order valence-electron chi connectivity index (χ2n) is 6.62. The van der Waals surface area contributed by atoms with Gasteiger partial charge in [-0.3, -0.25) is 9.52 Å². The molecule has 0 amide bonds. The van der Waals surface area contributed by atoms with E-state index < -0.39 is 11.8 Å². The number of nitriles is 1. The van der Waals surface area contributed by atoms with Crippen LogP contribution in [0.2, 0.25) is 0 Å². The van der Waals surface area contributed by atoms with Gasteiger partial charge in [-0.1, -0.05) is 12.1 Å². The summed E-state index contributed by atoms with van der Waals surface area (Å²) in [6, 6.07) is 12.2. The van der Waals surface area contributed by atoms with Crippen molar-refractivity contribution in [1.82, 2.24) is 14.8 Å². The molecule has 0 unspecified atom stereocenters. The van der Waals surface area contributed by atoms with Gasteiger partial charge in [0, 0.05) is 23.6 Å². The molecule has 0 saturated carbocycles. The number of aromatic nitrogens is 3. The normalized spacial score (nSPS) is 10.6. The summed E-state index contributed by atoms with van der Waals surface area (Å²) in [5, 5.41) is 16.2. The van der Waals surface area contributed by atoms with Crippen molar-refractivity contribution >= 4 is 22.7 Å². The topological polar surface area (TPSA) is 136 Å². The van der Waals surface area contributed by atoms with Crippen LogP contribution < -0.4 is 5.73 Å². The summed E-state index contributed by atoms with van der Waals surface area (Å²) in [6.07, 6.45) is 1.65. The van der Waals surface area contributed by atoms with Crippen LogP contribution >= 0.6 is 0 Å². The predicted molar refractivity (Wildman–Crippen MR) is 110 cm³/mol. The lowest BCUT2D eigenvalue weighted by Gasteiger charge is -2.15. The molecule has 2 aromatic carbocycles. The molecule has 0 saturated heterocycles. The average molecular weight is 416 g/mol. The first-order valence-electron chi connectivity index (χ1n) is 8.89. The van der Waals surface area contributed by atoms with E-state index in [1.807, 2.05) is 0 Å². The third-order valence-corrected chi connectivity index (χ3v) is 4.78. The van der Waals surface area contributed by atoms with Crippen LogP contribution in [0.3, 0.4) is 0 Å². The van der Waals surface area contributed by atoms with Crippen LogP contribution in [0.25, 0.3) is 33.3 Å². The number of nitrogens with zero attached hydrogens (tertiary/aromatic N) is 5. The number of halogens is 1. The molecule has 31 heavy (non-hydrogen) atoms. The third-order valence-electron chi connectivity index (χ3n) is 4.78. The average Bonchev–Trinajstić information content (AvgIpc) is 3.13. The summed E-state index contributed by atoms with van der Waals surface area (Å²) in [6.45, 7) is 0. The van der Waals surface area contributed by atoms with E-state index in [1.165, 1.54) is 18.2 Å². The molecule has 0 atom stereocenters. The van der Waals surface area contributed by atoms with Crippen molar-refractivity contribution in [2.24, 2.45) is 12.4 Å². The molecule has 2 heterocycles.